The third kappa shape index (κ3) is 6.72. The molecule has 0 radical (unpaired) electrons. The fraction of sp³-hybridized carbons (Fsp3) is 0.950. The van der Waals surface area contributed by atoms with E-state index in [1.165, 1.54) is 44.9 Å². The third-order valence-electron chi connectivity index (χ3n) is 5.87. The van der Waals surface area contributed by atoms with Crippen LogP contribution in [0.4, 0.5) is 0 Å². The summed E-state index contributed by atoms with van der Waals surface area (Å²) in [6.45, 7) is 5.87. The number of ether oxygens (including phenoxy) is 3. The lowest BCUT2D eigenvalue weighted by Crippen LogP contribution is -2.20. The van der Waals surface area contributed by atoms with Gasteiger partial charge in [-0.2, -0.15) is 0 Å². The zero-order chi connectivity index (χ0) is 17.2. The SMILES string of the molecule is CCC1CC(CC)C(CCCCCCC(=O)OCC2COCO2)C1. The summed E-state index contributed by atoms with van der Waals surface area (Å²) in [5.41, 5.74) is 0. The predicted molar refractivity (Wildman–Crippen MR) is 94.6 cm³/mol. The second-order valence-electron chi connectivity index (χ2n) is 7.59. The van der Waals surface area contributed by atoms with Crippen molar-refractivity contribution in [2.75, 3.05) is 20.0 Å². The minimum Gasteiger partial charge on any atom is -0.463 e. The van der Waals surface area contributed by atoms with Crippen LogP contribution in [0.15, 0.2) is 0 Å². The van der Waals surface area contributed by atoms with E-state index in [4.69, 9.17) is 14.2 Å². The molecule has 1 saturated heterocycles. The summed E-state index contributed by atoms with van der Waals surface area (Å²) in [6.07, 6.45) is 12.1. The lowest BCUT2D eigenvalue weighted by molar-refractivity contribution is -0.146. The average molecular weight is 341 g/mol. The van der Waals surface area contributed by atoms with Crippen molar-refractivity contribution in [2.45, 2.75) is 84.2 Å². The Kier molecular flexibility index (Phi) is 9.11. The highest BCUT2D eigenvalue weighted by molar-refractivity contribution is 5.69. The number of hydrogen-bond acceptors (Lipinski definition) is 4. The average Bonchev–Trinajstić information content (AvgIpc) is 3.25. The molecule has 2 aliphatic rings. The normalized spacial score (nSPS) is 29.9. The van der Waals surface area contributed by atoms with Crippen LogP contribution < -0.4 is 0 Å². The van der Waals surface area contributed by atoms with Crippen molar-refractivity contribution in [3.63, 3.8) is 0 Å². The van der Waals surface area contributed by atoms with Crippen molar-refractivity contribution in [1.82, 2.24) is 0 Å². The molecule has 4 atom stereocenters. The fourth-order valence-electron chi connectivity index (χ4n) is 4.28. The van der Waals surface area contributed by atoms with Gasteiger partial charge in [-0.1, -0.05) is 52.4 Å². The number of unbranched alkanes of at least 4 members (excludes halogenated alkanes) is 3. The maximum absolute atomic E-state index is 11.7. The first-order chi connectivity index (χ1) is 11.7. The minimum atomic E-state index is -0.0990. The van der Waals surface area contributed by atoms with Crippen LogP contribution in [0.25, 0.3) is 0 Å². The van der Waals surface area contributed by atoms with Crippen molar-refractivity contribution < 1.29 is 19.0 Å². The molecule has 0 amide bonds. The van der Waals surface area contributed by atoms with Gasteiger partial charge in [-0.15, -0.1) is 0 Å². The number of esters is 1. The lowest BCUT2D eigenvalue weighted by Gasteiger charge is -2.17. The van der Waals surface area contributed by atoms with E-state index < -0.39 is 0 Å². The number of hydrogen-bond donors (Lipinski definition) is 0. The highest BCUT2D eigenvalue weighted by Crippen LogP contribution is 2.42. The summed E-state index contributed by atoms with van der Waals surface area (Å²) in [4.78, 5) is 11.7. The van der Waals surface area contributed by atoms with Crippen molar-refractivity contribution in [2.24, 2.45) is 17.8 Å². The smallest absolute Gasteiger partial charge is 0.305 e. The first-order valence-corrected chi connectivity index (χ1v) is 10.1. The molecule has 1 aliphatic carbocycles. The topological polar surface area (TPSA) is 44.8 Å². The van der Waals surface area contributed by atoms with E-state index in [0.717, 1.165) is 30.6 Å². The van der Waals surface area contributed by atoms with Crippen LogP contribution in [0.5, 0.6) is 0 Å². The van der Waals surface area contributed by atoms with E-state index in [1.807, 2.05) is 0 Å². The molecule has 0 N–H and O–H groups in total. The molecule has 0 aromatic heterocycles. The Balaban J connectivity index is 1.45. The Bertz CT molecular complexity index is 352. The van der Waals surface area contributed by atoms with E-state index in [0.29, 0.717) is 26.4 Å². The van der Waals surface area contributed by atoms with Crippen LogP contribution in [0.1, 0.15) is 78.1 Å². The van der Waals surface area contributed by atoms with Gasteiger partial charge in [0.2, 0.25) is 0 Å². The van der Waals surface area contributed by atoms with Gasteiger partial charge >= 0.3 is 5.97 Å². The minimum absolute atomic E-state index is 0.0705. The van der Waals surface area contributed by atoms with Gasteiger partial charge in [-0.25, -0.2) is 0 Å². The second kappa shape index (κ2) is 11.1. The Morgan fingerprint density at radius 1 is 1.04 bits per heavy atom. The van der Waals surface area contributed by atoms with Crippen LogP contribution in [0, 0.1) is 17.8 Å². The van der Waals surface area contributed by atoms with Crippen molar-refractivity contribution in [1.29, 1.82) is 0 Å². The third-order valence-corrected chi connectivity index (χ3v) is 5.87. The van der Waals surface area contributed by atoms with Crippen LogP contribution in [-0.2, 0) is 19.0 Å². The standard InChI is InChI=1S/C20H36O4/c1-3-16-11-17(4-2)18(12-16)9-7-5-6-8-10-20(21)23-14-19-13-22-15-24-19/h16-19H,3-15H2,1-2H3. The quantitative estimate of drug-likeness (QED) is 0.404. The predicted octanol–water partition coefficient (Wildman–Crippen LogP) is 4.71. The number of carbonyl (C=O) groups is 1. The van der Waals surface area contributed by atoms with Crippen molar-refractivity contribution in [3.05, 3.63) is 0 Å². The largest absolute Gasteiger partial charge is 0.463 e. The molecule has 1 aliphatic heterocycles. The van der Waals surface area contributed by atoms with Gasteiger partial charge in [-0.3, -0.25) is 4.79 Å². The molecule has 4 unspecified atom stereocenters. The first-order valence-electron chi connectivity index (χ1n) is 10.1. The molecule has 0 bridgehead atoms. The Labute approximate surface area is 147 Å². The maximum atomic E-state index is 11.7. The number of rotatable bonds is 11. The van der Waals surface area contributed by atoms with Gasteiger partial charge in [-0.05, 0) is 37.0 Å². The van der Waals surface area contributed by atoms with E-state index in [1.54, 1.807) is 0 Å². The Hall–Kier alpha value is -0.610. The molecule has 24 heavy (non-hydrogen) atoms. The van der Waals surface area contributed by atoms with E-state index in [9.17, 15) is 4.79 Å². The van der Waals surface area contributed by atoms with Crippen LogP contribution in [-0.4, -0.2) is 32.1 Å². The van der Waals surface area contributed by atoms with Gasteiger partial charge in [0.05, 0.1) is 6.61 Å². The Morgan fingerprint density at radius 3 is 2.54 bits per heavy atom. The van der Waals surface area contributed by atoms with E-state index in [-0.39, 0.29) is 12.1 Å². The van der Waals surface area contributed by atoms with Crippen LogP contribution in [0.2, 0.25) is 0 Å². The zero-order valence-corrected chi connectivity index (χ0v) is 15.6. The Morgan fingerprint density at radius 2 is 1.83 bits per heavy atom. The van der Waals surface area contributed by atoms with Gasteiger partial charge in [0, 0.05) is 6.42 Å². The van der Waals surface area contributed by atoms with Gasteiger partial charge in [0.25, 0.3) is 0 Å². The lowest BCUT2D eigenvalue weighted by atomic mass is 9.89. The summed E-state index contributed by atoms with van der Waals surface area (Å²) >= 11 is 0. The fourth-order valence-corrected chi connectivity index (χ4v) is 4.28. The monoisotopic (exact) mass is 340 g/mol. The van der Waals surface area contributed by atoms with Crippen molar-refractivity contribution in [3.8, 4) is 0 Å². The molecular weight excluding hydrogens is 304 g/mol. The van der Waals surface area contributed by atoms with E-state index >= 15 is 0 Å². The molecule has 2 fully saturated rings. The van der Waals surface area contributed by atoms with E-state index in [2.05, 4.69) is 13.8 Å². The molecule has 1 saturated carbocycles. The second-order valence-corrected chi connectivity index (χ2v) is 7.59. The zero-order valence-electron chi connectivity index (χ0n) is 15.6. The molecule has 0 aromatic rings. The molecule has 0 aromatic carbocycles. The van der Waals surface area contributed by atoms with Gasteiger partial charge < -0.3 is 14.2 Å². The summed E-state index contributed by atoms with van der Waals surface area (Å²) in [5, 5.41) is 0. The summed E-state index contributed by atoms with van der Waals surface area (Å²) in [7, 11) is 0. The summed E-state index contributed by atoms with van der Waals surface area (Å²) < 4.78 is 15.5. The highest BCUT2D eigenvalue weighted by atomic mass is 16.7. The van der Waals surface area contributed by atoms with Crippen LogP contribution >= 0.6 is 0 Å². The molecule has 4 heteroatoms. The molecular formula is C20H36O4. The molecule has 0 spiro atoms. The molecule has 140 valence electrons. The molecule has 2 rings (SSSR count). The highest BCUT2D eigenvalue weighted by Gasteiger charge is 2.31. The van der Waals surface area contributed by atoms with Crippen molar-refractivity contribution >= 4 is 5.97 Å². The number of carbonyl (C=O) groups excluding carboxylic acids is 1. The van der Waals surface area contributed by atoms with Crippen LogP contribution in [0.3, 0.4) is 0 Å². The van der Waals surface area contributed by atoms with Gasteiger partial charge in [0.1, 0.15) is 19.5 Å². The summed E-state index contributed by atoms with van der Waals surface area (Å²) in [5.74, 6) is 2.80. The molecule has 4 nitrogen and oxygen atoms in total. The van der Waals surface area contributed by atoms with Gasteiger partial charge in [0.15, 0.2) is 0 Å². The molecule has 1 heterocycles. The maximum Gasteiger partial charge on any atom is 0.305 e. The summed E-state index contributed by atoms with van der Waals surface area (Å²) in [6, 6.07) is 0. The first kappa shape index (κ1) is 19.7.